The summed E-state index contributed by atoms with van der Waals surface area (Å²) in [5.41, 5.74) is 5.63. The highest BCUT2D eigenvalue weighted by molar-refractivity contribution is 5.93. The summed E-state index contributed by atoms with van der Waals surface area (Å²) in [5.74, 6) is -2.01. The number of rotatable bonds is 14. The summed E-state index contributed by atoms with van der Waals surface area (Å²) in [6, 6.07) is 28.6. The molecule has 4 aromatic carbocycles. The fourth-order valence-electron chi connectivity index (χ4n) is 5.58. The van der Waals surface area contributed by atoms with Gasteiger partial charge in [-0.1, -0.05) is 84.9 Å². The molecule has 1 amide bonds. The van der Waals surface area contributed by atoms with Crippen LogP contribution in [0.15, 0.2) is 97.1 Å². The van der Waals surface area contributed by atoms with Gasteiger partial charge in [0.1, 0.15) is 30.6 Å². The fraction of sp³-hybridized carbons (Fsp3) is 0.263. The third kappa shape index (κ3) is 8.38. The maximum absolute atomic E-state index is 13.4. The summed E-state index contributed by atoms with van der Waals surface area (Å²) >= 11 is 0. The summed E-state index contributed by atoms with van der Waals surface area (Å²) in [6.07, 6.45) is -0.832. The number of benzene rings is 4. The van der Waals surface area contributed by atoms with Crippen LogP contribution in [0.1, 0.15) is 52.4 Å². The summed E-state index contributed by atoms with van der Waals surface area (Å²) < 4.78 is 27.0. The molecule has 10 heteroatoms. The smallest absolute Gasteiger partial charge is 0.407 e. The zero-order chi connectivity index (χ0) is 33.9. The Hall–Kier alpha value is -5.64. The lowest BCUT2D eigenvalue weighted by Crippen LogP contribution is -2.44. The zero-order valence-electron chi connectivity index (χ0n) is 26.8. The van der Waals surface area contributed by atoms with Crippen molar-refractivity contribution in [3.63, 3.8) is 0 Å². The molecule has 1 aliphatic carbocycles. The molecule has 0 bridgehead atoms. The molecule has 5 rings (SSSR count). The molecule has 0 unspecified atom stereocenters. The van der Waals surface area contributed by atoms with E-state index in [-0.39, 0.29) is 50.1 Å². The van der Waals surface area contributed by atoms with Crippen LogP contribution in [0, 0.1) is 0 Å². The second-order valence-electron chi connectivity index (χ2n) is 11.0. The molecule has 0 saturated heterocycles. The Balaban J connectivity index is 1.33. The molecule has 0 radical (unpaired) electrons. The van der Waals surface area contributed by atoms with Crippen molar-refractivity contribution in [2.24, 2.45) is 0 Å². The van der Waals surface area contributed by atoms with Crippen LogP contribution in [0.2, 0.25) is 0 Å². The summed E-state index contributed by atoms with van der Waals surface area (Å²) in [6.45, 7) is 3.29. The number of carbonyl (C=O) groups is 4. The standard InChI is InChI=1S/C38H37NO9/c1-3-44-35(40)24-46-34-19-18-26(20-31(34)36(41)45-4-2)21-33(37(42)47-22-25-12-6-5-7-13-25)39-38(43)48-23-32-29-16-10-8-14-27(29)28-15-9-11-17-30(28)32/h5-20,32-33H,3-4,21-24H2,1-2H3,(H,39,43)/t33-/m0/s1. The Morgan fingerprint density at radius 1 is 0.708 bits per heavy atom. The molecule has 1 aliphatic rings. The molecular weight excluding hydrogens is 614 g/mol. The molecule has 1 atom stereocenters. The van der Waals surface area contributed by atoms with Crippen LogP contribution >= 0.6 is 0 Å². The van der Waals surface area contributed by atoms with Crippen molar-refractivity contribution < 1.29 is 42.9 Å². The molecule has 4 aromatic rings. The van der Waals surface area contributed by atoms with Crippen molar-refractivity contribution in [2.45, 2.75) is 38.8 Å². The zero-order valence-corrected chi connectivity index (χ0v) is 26.8. The quantitative estimate of drug-likeness (QED) is 0.129. The summed E-state index contributed by atoms with van der Waals surface area (Å²) in [4.78, 5) is 51.4. The Bertz CT molecular complexity index is 1710. The molecule has 1 N–H and O–H groups in total. The van der Waals surface area contributed by atoms with Gasteiger partial charge in [-0.25, -0.2) is 19.2 Å². The normalized spacial score (nSPS) is 12.2. The number of carbonyl (C=O) groups excluding carboxylic acids is 4. The number of hydrogen-bond acceptors (Lipinski definition) is 9. The average molecular weight is 652 g/mol. The minimum absolute atomic E-state index is 0.00272. The summed E-state index contributed by atoms with van der Waals surface area (Å²) in [5, 5.41) is 2.67. The van der Waals surface area contributed by atoms with Crippen LogP contribution in [0.25, 0.3) is 11.1 Å². The monoisotopic (exact) mass is 651 g/mol. The molecule has 0 aliphatic heterocycles. The number of esters is 3. The predicted molar refractivity (Wildman–Crippen MR) is 176 cm³/mol. The molecular formula is C38H37NO9. The minimum atomic E-state index is -1.16. The van der Waals surface area contributed by atoms with Gasteiger partial charge in [-0.05, 0) is 59.4 Å². The van der Waals surface area contributed by atoms with Crippen LogP contribution in [0.3, 0.4) is 0 Å². The highest BCUT2D eigenvalue weighted by atomic mass is 16.6. The number of hydrogen-bond donors (Lipinski definition) is 1. The van der Waals surface area contributed by atoms with E-state index in [0.29, 0.717) is 5.56 Å². The number of alkyl carbamates (subject to hydrolysis) is 1. The predicted octanol–water partition coefficient (Wildman–Crippen LogP) is 6.00. The van der Waals surface area contributed by atoms with E-state index in [1.807, 2.05) is 78.9 Å². The van der Waals surface area contributed by atoms with Crippen LogP contribution in [0.5, 0.6) is 5.75 Å². The van der Waals surface area contributed by atoms with Gasteiger partial charge in [-0.3, -0.25) is 0 Å². The highest BCUT2D eigenvalue weighted by Gasteiger charge is 2.30. The molecule has 10 nitrogen and oxygen atoms in total. The highest BCUT2D eigenvalue weighted by Crippen LogP contribution is 2.44. The lowest BCUT2D eigenvalue weighted by atomic mass is 9.98. The van der Waals surface area contributed by atoms with E-state index in [4.69, 9.17) is 23.7 Å². The molecule has 0 spiro atoms. The molecule has 0 saturated carbocycles. The maximum Gasteiger partial charge on any atom is 0.407 e. The first-order valence-corrected chi connectivity index (χ1v) is 15.8. The Morgan fingerprint density at radius 2 is 1.35 bits per heavy atom. The fourth-order valence-corrected chi connectivity index (χ4v) is 5.58. The van der Waals surface area contributed by atoms with Gasteiger partial charge < -0.3 is 29.0 Å². The third-order valence-electron chi connectivity index (χ3n) is 7.77. The van der Waals surface area contributed by atoms with Crippen molar-refractivity contribution in [2.75, 3.05) is 26.4 Å². The van der Waals surface area contributed by atoms with E-state index in [9.17, 15) is 19.2 Å². The van der Waals surface area contributed by atoms with Crippen molar-refractivity contribution in [1.29, 1.82) is 0 Å². The summed E-state index contributed by atoms with van der Waals surface area (Å²) in [7, 11) is 0. The molecule has 48 heavy (non-hydrogen) atoms. The van der Waals surface area contributed by atoms with Crippen molar-refractivity contribution in [1.82, 2.24) is 5.32 Å². The van der Waals surface area contributed by atoms with Gasteiger partial charge in [0.2, 0.25) is 0 Å². The average Bonchev–Trinajstić information content (AvgIpc) is 3.43. The van der Waals surface area contributed by atoms with Gasteiger partial charge in [0.25, 0.3) is 0 Å². The Morgan fingerprint density at radius 3 is 2.02 bits per heavy atom. The number of ether oxygens (including phenoxy) is 5. The third-order valence-corrected chi connectivity index (χ3v) is 7.77. The van der Waals surface area contributed by atoms with Gasteiger partial charge >= 0.3 is 24.0 Å². The first kappa shape index (κ1) is 33.7. The molecule has 248 valence electrons. The first-order valence-electron chi connectivity index (χ1n) is 15.8. The van der Waals surface area contributed by atoms with Crippen molar-refractivity contribution in [3.05, 3.63) is 125 Å². The van der Waals surface area contributed by atoms with Gasteiger partial charge in [0.05, 0.1) is 13.2 Å². The van der Waals surface area contributed by atoms with E-state index in [2.05, 4.69) is 5.32 Å². The van der Waals surface area contributed by atoms with Crippen LogP contribution in [-0.2, 0) is 41.6 Å². The van der Waals surface area contributed by atoms with E-state index in [1.165, 1.54) is 12.1 Å². The van der Waals surface area contributed by atoms with Gasteiger partial charge in [0.15, 0.2) is 6.61 Å². The van der Waals surface area contributed by atoms with E-state index < -0.39 is 36.6 Å². The number of nitrogens with one attached hydrogen (secondary N) is 1. The lowest BCUT2D eigenvalue weighted by molar-refractivity contribution is -0.147. The first-order chi connectivity index (χ1) is 23.4. The van der Waals surface area contributed by atoms with Crippen molar-refractivity contribution in [3.8, 4) is 16.9 Å². The Kier molecular flexibility index (Phi) is 11.4. The van der Waals surface area contributed by atoms with Crippen molar-refractivity contribution >= 4 is 24.0 Å². The lowest BCUT2D eigenvalue weighted by Gasteiger charge is -2.20. The van der Waals surface area contributed by atoms with Crippen LogP contribution in [0.4, 0.5) is 4.79 Å². The molecule has 0 fully saturated rings. The van der Waals surface area contributed by atoms with E-state index in [0.717, 1.165) is 27.8 Å². The van der Waals surface area contributed by atoms with E-state index in [1.54, 1.807) is 19.9 Å². The van der Waals surface area contributed by atoms with Gasteiger partial charge in [-0.15, -0.1) is 0 Å². The SMILES string of the molecule is CCOC(=O)COc1ccc(C[C@H](NC(=O)OCC2c3ccccc3-c3ccccc32)C(=O)OCc2ccccc2)cc1C(=O)OCC. The second kappa shape index (κ2) is 16.3. The number of fused-ring (bicyclic) bond motifs is 3. The molecule has 0 heterocycles. The van der Waals surface area contributed by atoms with Gasteiger partial charge in [0, 0.05) is 12.3 Å². The number of amides is 1. The minimum Gasteiger partial charge on any atom is -0.481 e. The van der Waals surface area contributed by atoms with Gasteiger partial charge in [-0.2, -0.15) is 0 Å². The molecule has 0 aromatic heterocycles. The second-order valence-corrected chi connectivity index (χ2v) is 11.0. The van der Waals surface area contributed by atoms with E-state index >= 15 is 0 Å². The Labute approximate surface area is 278 Å². The maximum atomic E-state index is 13.4. The topological polar surface area (TPSA) is 126 Å². The van der Waals surface area contributed by atoms with Crippen LogP contribution < -0.4 is 10.1 Å². The largest absolute Gasteiger partial charge is 0.481 e. The van der Waals surface area contributed by atoms with Crippen LogP contribution in [-0.4, -0.2) is 56.5 Å².